The molecular formula is C19H9Cl4N9. The van der Waals surface area contributed by atoms with Crippen molar-refractivity contribution in [2.24, 2.45) is 0 Å². The zero-order chi connectivity index (χ0) is 22.2. The number of fused-ring (bicyclic) bond motifs is 2. The number of hydrogen-bond donors (Lipinski definition) is 2. The molecule has 13 heteroatoms. The fourth-order valence-electron chi connectivity index (χ4n) is 3.00. The van der Waals surface area contributed by atoms with E-state index in [9.17, 15) is 0 Å². The van der Waals surface area contributed by atoms with E-state index < -0.39 is 0 Å². The molecule has 3 heterocycles. The fourth-order valence-corrected chi connectivity index (χ4v) is 3.73. The minimum absolute atomic E-state index is 0.00168. The predicted octanol–water partition coefficient (Wildman–Crippen LogP) is 5.86. The van der Waals surface area contributed by atoms with Gasteiger partial charge in [0.05, 0.1) is 11.0 Å². The van der Waals surface area contributed by atoms with Gasteiger partial charge < -0.3 is 10.6 Å². The van der Waals surface area contributed by atoms with E-state index in [4.69, 9.17) is 51.4 Å². The molecule has 2 N–H and O–H groups in total. The summed E-state index contributed by atoms with van der Waals surface area (Å²) in [4.78, 5) is 28.3. The molecule has 0 saturated heterocycles. The number of pyridine rings is 1. The van der Waals surface area contributed by atoms with Crippen LogP contribution in [0.5, 0.6) is 0 Å². The van der Waals surface area contributed by atoms with E-state index in [0.717, 1.165) is 21.8 Å². The zero-order valence-corrected chi connectivity index (χ0v) is 18.7. The van der Waals surface area contributed by atoms with Crippen molar-refractivity contribution in [2.75, 3.05) is 10.6 Å². The summed E-state index contributed by atoms with van der Waals surface area (Å²) in [5, 5.41) is 8.02. The third-order valence-electron chi connectivity index (χ3n) is 4.29. The summed E-state index contributed by atoms with van der Waals surface area (Å²) in [7, 11) is 0. The lowest BCUT2D eigenvalue weighted by atomic mass is 10.1. The van der Waals surface area contributed by atoms with E-state index in [0.29, 0.717) is 11.4 Å². The molecule has 5 aromatic rings. The second kappa shape index (κ2) is 8.44. The second-order valence-corrected chi connectivity index (χ2v) is 7.80. The number of anilines is 4. The van der Waals surface area contributed by atoms with Crippen LogP contribution in [0.4, 0.5) is 23.3 Å². The van der Waals surface area contributed by atoms with Gasteiger partial charge in [0.2, 0.25) is 33.0 Å². The Morgan fingerprint density at radius 2 is 0.875 bits per heavy atom. The first kappa shape index (κ1) is 20.8. The molecule has 0 radical (unpaired) electrons. The summed E-state index contributed by atoms with van der Waals surface area (Å²) in [5.74, 6) is 0.465. The maximum Gasteiger partial charge on any atom is 0.232 e. The molecule has 0 aliphatic heterocycles. The van der Waals surface area contributed by atoms with E-state index in [2.05, 4.69) is 40.5 Å². The van der Waals surface area contributed by atoms with Crippen LogP contribution in [0.3, 0.4) is 0 Å². The zero-order valence-electron chi connectivity index (χ0n) is 15.7. The predicted molar refractivity (Wildman–Crippen MR) is 126 cm³/mol. The molecule has 32 heavy (non-hydrogen) atoms. The molecule has 0 spiro atoms. The smallest absolute Gasteiger partial charge is 0.232 e. The number of nitrogens with zero attached hydrogens (tertiary/aromatic N) is 7. The molecule has 158 valence electrons. The van der Waals surface area contributed by atoms with Gasteiger partial charge >= 0.3 is 0 Å². The number of benzene rings is 2. The normalized spacial score (nSPS) is 11.1. The Balaban J connectivity index is 1.48. The molecule has 5 rings (SSSR count). The van der Waals surface area contributed by atoms with E-state index in [1.807, 2.05) is 42.5 Å². The molecule has 3 aromatic heterocycles. The van der Waals surface area contributed by atoms with Gasteiger partial charge in [0.25, 0.3) is 0 Å². The maximum absolute atomic E-state index is 5.83. The van der Waals surface area contributed by atoms with Crippen molar-refractivity contribution < 1.29 is 0 Å². The van der Waals surface area contributed by atoms with Crippen LogP contribution in [0, 0.1) is 0 Å². The Bertz CT molecular complexity index is 1350. The second-order valence-electron chi connectivity index (χ2n) is 6.45. The van der Waals surface area contributed by atoms with Gasteiger partial charge in [-0.1, -0.05) is 12.1 Å². The largest absolute Gasteiger partial charge is 0.324 e. The van der Waals surface area contributed by atoms with Crippen LogP contribution in [0.15, 0.2) is 42.5 Å². The van der Waals surface area contributed by atoms with Gasteiger partial charge in [-0.15, -0.1) is 0 Å². The Hall–Kier alpha value is -3.11. The fraction of sp³-hybridized carbons (Fsp3) is 0. The number of rotatable bonds is 4. The first-order valence-corrected chi connectivity index (χ1v) is 10.5. The van der Waals surface area contributed by atoms with Crippen LogP contribution in [0.25, 0.3) is 21.8 Å². The lowest BCUT2D eigenvalue weighted by Crippen LogP contribution is -2.00. The van der Waals surface area contributed by atoms with Crippen molar-refractivity contribution in [3.8, 4) is 0 Å². The van der Waals surface area contributed by atoms with Crippen molar-refractivity contribution in [3.63, 3.8) is 0 Å². The van der Waals surface area contributed by atoms with Gasteiger partial charge in [0.1, 0.15) is 0 Å². The number of halogens is 4. The Labute approximate surface area is 200 Å². The topological polar surface area (TPSA) is 114 Å². The molecule has 0 unspecified atom stereocenters. The first-order valence-electron chi connectivity index (χ1n) is 8.94. The number of hydrogen-bond acceptors (Lipinski definition) is 9. The molecule has 0 atom stereocenters. The first-order chi connectivity index (χ1) is 15.4. The highest BCUT2D eigenvalue weighted by Crippen LogP contribution is 2.27. The molecular weight excluding hydrogens is 496 g/mol. The summed E-state index contributed by atoms with van der Waals surface area (Å²) < 4.78 is 0. The van der Waals surface area contributed by atoms with Crippen molar-refractivity contribution in [3.05, 3.63) is 63.6 Å². The van der Waals surface area contributed by atoms with E-state index in [1.54, 1.807) is 0 Å². The van der Waals surface area contributed by atoms with Gasteiger partial charge in [-0.2, -0.15) is 29.9 Å². The Morgan fingerprint density at radius 3 is 1.28 bits per heavy atom. The van der Waals surface area contributed by atoms with Crippen LogP contribution in [0.1, 0.15) is 0 Å². The maximum atomic E-state index is 5.83. The van der Waals surface area contributed by atoms with Crippen LogP contribution < -0.4 is 10.6 Å². The van der Waals surface area contributed by atoms with Gasteiger partial charge in [-0.25, -0.2) is 4.98 Å². The van der Waals surface area contributed by atoms with Gasteiger partial charge in [0, 0.05) is 22.1 Å². The van der Waals surface area contributed by atoms with Crippen molar-refractivity contribution in [1.29, 1.82) is 0 Å². The average molecular weight is 505 g/mol. The quantitative estimate of drug-likeness (QED) is 0.290. The van der Waals surface area contributed by atoms with Crippen LogP contribution >= 0.6 is 46.4 Å². The van der Waals surface area contributed by atoms with Crippen molar-refractivity contribution >= 4 is 91.5 Å². The number of aromatic nitrogens is 7. The van der Waals surface area contributed by atoms with Crippen LogP contribution in [0.2, 0.25) is 21.1 Å². The van der Waals surface area contributed by atoms with Crippen LogP contribution in [-0.4, -0.2) is 34.9 Å². The van der Waals surface area contributed by atoms with Gasteiger partial charge in [0.15, 0.2) is 0 Å². The van der Waals surface area contributed by atoms with E-state index in [1.165, 1.54) is 0 Å². The molecule has 9 nitrogen and oxygen atoms in total. The summed E-state index contributed by atoms with van der Waals surface area (Å²) in [6, 6.07) is 13.4. The SMILES string of the molecule is Clc1nc(Cl)nc(Nc2ccc3cc4ccc(Nc5nc(Cl)nc(Cl)n5)cc4nc3c2)n1. The lowest BCUT2D eigenvalue weighted by Gasteiger charge is -2.09. The van der Waals surface area contributed by atoms with Crippen LogP contribution in [-0.2, 0) is 0 Å². The lowest BCUT2D eigenvalue weighted by molar-refractivity contribution is 1.05. The molecule has 0 bridgehead atoms. The highest BCUT2D eigenvalue weighted by atomic mass is 35.5. The summed E-state index contributed by atoms with van der Waals surface area (Å²) in [6.07, 6.45) is 0. The van der Waals surface area contributed by atoms with E-state index >= 15 is 0 Å². The molecule has 0 amide bonds. The van der Waals surface area contributed by atoms with E-state index in [-0.39, 0.29) is 33.0 Å². The summed E-state index contributed by atoms with van der Waals surface area (Å²) in [6.45, 7) is 0. The highest BCUT2D eigenvalue weighted by molar-refractivity contribution is 6.31. The molecule has 0 fully saturated rings. The monoisotopic (exact) mass is 503 g/mol. The minimum atomic E-state index is -0.00168. The van der Waals surface area contributed by atoms with Crippen molar-refractivity contribution in [1.82, 2.24) is 34.9 Å². The minimum Gasteiger partial charge on any atom is -0.324 e. The summed E-state index contributed by atoms with van der Waals surface area (Å²) in [5.41, 5.74) is 2.95. The molecule has 0 aliphatic carbocycles. The van der Waals surface area contributed by atoms with Gasteiger partial charge in [-0.3, -0.25) is 0 Å². The van der Waals surface area contributed by atoms with Crippen molar-refractivity contribution in [2.45, 2.75) is 0 Å². The molecule has 0 aliphatic rings. The average Bonchev–Trinajstić information content (AvgIpc) is 2.71. The Kier molecular flexibility index (Phi) is 5.48. The molecule has 0 saturated carbocycles. The highest BCUT2D eigenvalue weighted by Gasteiger charge is 2.08. The summed E-state index contributed by atoms with van der Waals surface area (Å²) >= 11 is 23.3. The third-order valence-corrected chi connectivity index (χ3v) is 4.96. The number of nitrogens with one attached hydrogen (secondary N) is 2. The third kappa shape index (κ3) is 4.56. The molecule has 2 aromatic carbocycles. The standard InChI is InChI=1S/C19H9Cl4N9/c20-14-27-15(21)30-18(29-14)24-10-3-1-8-5-9-2-4-11(7-13(9)26-12(8)6-10)25-19-31-16(22)28-17(23)32-19/h1-7H,(H,24,27,29,30)(H,25,28,31,32). The van der Waals surface area contributed by atoms with Gasteiger partial charge in [-0.05, 0) is 76.7 Å². The Morgan fingerprint density at radius 1 is 0.469 bits per heavy atom.